The number of carbonyl (C=O) groups excluding carboxylic acids is 1. The lowest BCUT2D eigenvalue weighted by Crippen LogP contribution is -2.24. The van der Waals surface area contributed by atoms with Gasteiger partial charge < -0.3 is 4.74 Å². The first kappa shape index (κ1) is 16.5. The summed E-state index contributed by atoms with van der Waals surface area (Å²) < 4.78 is 28.6. The maximum atomic E-state index is 11.9. The quantitative estimate of drug-likeness (QED) is 0.590. The predicted octanol–water partition coefficient (Wildman–Crippen LogP) is 3.64. The van der Waals surface area contributed by atoms with Crippen molar-refractivity contribution in [3.63, 3.8) is 0 Å². The van der Waals surface area contributed by atoms with Gasteiger partial charge in [0.15, 0.2) is 0 Å². The van der Waals surface area contributed by atoms with Crippen LogP contribution in [-0.4, -0.2) is 20.0 Å². The maximum absolute atomic E-state index is 11.9. The third-order valence-electron chi connectivity index (χ3n) is 2.19. The number of carbonyl (C=O) groups is 1. The first-order valence-corrected chi connectivity index (χ1v) is 8.50. The maximum Gasteiger partial charge on any atom is 0.338 e. The summed E-state index contributed by atoms with van der Waals surface area (Å²) >= 11 is 3.21. The van der Waals surface area contributed by atoms with Crippen LogP contribution in [0, 0.1) is 6.92 Å². The van der Waals surface area contributed by atoms with Crippen LogP contribution < -0.4 is 0 Å². The lowest BCUT2D eigenvalue weighted by molar-refractivity contribution is 0.00692. The molecule has 106 valence electrons. The van der Waals surface area contributed by atoms with Crippen LogP contribution in [0.4, 0.5) is 0 Å². The number of ether oxygens (including phenoxy) is 1. The van der Waals surface area contributed by atoms with E-state index in [1.54, 1.807) is 27.7 Å². The molecular weight excluding hydrogens is 356 g/mol. The van der Waals surface area contributed by atoms with E-state index in [0.29, 0.717) is 10.0 Å². The van der Waals surface area contributed by atoms with Crippen LogP contribution in [0.1, 0.15) is 36.7 Å². The van der Waals surface area contributed by atoms with Gasteiger partial charge in [-0.25, -0.2) is 13.2 Å². The minimum absolute atomic E-state index is 0.107. The molecule has 1 rings (SSSR count). The molecule has 7 heteroatoms. The number of rotatable bonds is 2. The molecule has 1 aromatic rings. The highest BCUT2D eigenvalue weighted by Gasteiger charge is 2.22. The van der Waals surface area contributed by atoms with Crippen LogP contribution in [0.15, 0.2) is 21.5 Å². The van der Waals surface area contributed by atoms with Gasteiger partial charge in [0.05, 0.1) is 10.5 Å². The molecule has 0 aromatic heterocycles. The zero-order valence-corrected chi connectivity index (χ0v) is 14.1. The Bertz CT molecular complexity index is 617. The van der Waals surface area contributed by atoms with Gasteiger partial charge in [-0.2, -0.15) is 0 Å². The van der Waals surface area contributed by atoms with Crippen LogP contribution >= 0.6 is 26.6 Å². The molecule has 4 nitrogen and oxygen atoms in total. The van der Waals surface area contributed by atoms with Gasteiger partial charge in [-0.05, 0) is 45.4 Å². The van der Waals surface area contributed by atoms with Gasteiger partial charge in [0.2, 0.25) is 0 Å². The largest absolute Gasteiger partial charge is 0.456 e. The smallest absolute Gasteiger partial charge is 0.338 e. The molecule has 0 unspecified atom stereocenters. The summed E-state index contributed by atoms with van der Waals surface area (Å²) in [6, 6.07) is 2.73. The van der Waals surface area contributed by atoms with E-state index in [0.717, 1.165) is 0 Å². The molecule has 0 N–H and O–H groups in total. The molecule has 0 aliphatic heterocycles. The minimum Gasteiger partial charge on any atom is -0.456 e. The Morgan fingerprint density at radius 1 is 1.32 bits per heavy atom. The van der Waals surface area contributed by atoms with Crippen molar-refractivity contribution in [1.82, 2.24) is 0 Å². The first-order chi connectivity index (χ1) is 8.42. The molecule has 0 spiro atoms. The Labute approximate surface area is 125 Å². The third kappa shape index (κ3) is 4.47. The second-order valence-electron chi connectivity index (χ2n) is 5.02. The molecule has 0 fully saturated rings. The summed E-state index contributed by atoms with van der Waals surface area (Å²) in [6.07, 6.45) is 0. The monoisotopic (exact) mass is 368 g/mol. The summed E-state index contributed by atoms with van der Waals surface area (Å²) in [7, 11) is 1.42. The van der Waals surface area contributed by atoms with Crippen molar-refractivity contribution in [3.05, 3.63) is 27.7 Å². The molecule has 0 bridgehead atoms. The van der Waals surface area contributed by atoms with E-state index < -0.39 is 20.6 Å². The number of halogens is 2. The molecule has 0 saturated carbocycles. The van der Waals surface area contributed by atoms with Crippen LogP contribution in [0.5, 0.6) is 0 Å². The lowest BCUT2D eigenvalue weighted by Gasteiger charge is -2.20. The molecule has 0 atom stereocenters. The van der Waals surface area contributed by atoms with Crippen LogP contribution in [0.2, 0.25) is 0 Å². The fourth-order valence-electron chi connectivity index (χ4n) is 1.36. The number of benzene rings is 1. The molecule has 0 radical (unpaired) electrons. The van der Waals surface area contributed by atoms with Crippen molar-refractivity contribution in [1.29, 1.82) is 0 Å². The van der Waals surface area contributed by atoms with Gasteiger partial charge >= 0.3 is 5.97 Å². The Balaban J connectivity index is 3.33. The minimum atomic E-state index is -3.92. The van der Waals surface area contributed by atoms with Crippen LogP contribution in [0.25, 0.3) is 0 Å². The first-order valence-electron chi connectivity index (χ1n) is 5.40. The zero-order valence-electron chi connectivity index (χ0n) is 11.0. The van der Waals surface area contributed by atoms with E-state index in [1.807, 2.05) is 0 Å². The molecule has 0 amide bonds. The van der Waals surface area contributed by atoms with E-state index in [2.05, 4.69) is 15.9 Å². The highest BCUT2D eigenvalue weighted by molar-refractivity contribution is 9.10. The summed E-state index contributed by atoms with van der Waals surface area (Å²) in [4.78, 5) is 11.8. The second kappa shape index (κ2) is 5.42. The Hall–Kier alpha value is -0.590. The Kier molecular flexibility index (Phi) is 4.70. The predicted molar refractivity (Wildman–Crippen MR) is 77.1 cm³/mol. The van der Waals surface area contributed by atoms with Gasteiger partial charge in [-0.3, -0.25) is 0 Å². The van der Waals surface area contributed by atoms with Crippen molar-refractivity contribution in [3.8, 4) is 0 Å². The van der Waals surface area contributed by atoms with Gasteiger partial charge in [-0.1, -0.05) is 15.9 Å². The van der Waals surface area contributed by atoms with Gasteiger partial charge in [0.25, 0.3) is 9.05 Å². The van der Waals surface area contributed by atoms with Crippen molar-refractivity contribution in [2.45, 2.75) is 38.2 Å². The van der Waals surface area contributed by atoms with E-state index in [4.69, 9.17) is 15.4 Å². The molecule has 0 saturated heterocycles. The Morgan fingerprint density at radius 3 is 2.26 bits per heavy atom. The fraction of sp³-hybridized carbons (Fsp3) is 0.417. The molecule has 1 aromatic carbocycles. The van der Waals surface area contributed by atoms with Gasteiger partial charge in [0.1, 0.15) is 5.60 Å². The topological polar surface area (TPSA) is 60.4 Å². The highest BCUT2D eigenvalue weighted by atomic mass is 79.9. The average Bonchev–Trinajstić information content (AvgIpc) is 2.17. The van der Waals surface area contributed by atoms with Crippen LogP contribution in [0.3, 0.4) is 0 Å². The van der Waals surface area contributed by atoms with Crippen molar-refractivity contribution in [2.75, 3.05) is 0 Å². The van der Waals surface area contributed by atoms with Crippen molar-refractivity contribution < 1.29 is 17.9 Å². The normalized spacial score (nSPS) is 12.3. The Morgan fingerprint density at radius 2 is 1.84 bits per heavy atom. The molecular formula is C12H14BrClO4S. The van der Waals surface area contributed by atoms with Crippen LogP contribution in [-0.2, 0) is 13.8 Å². The number of hydrogen-bond acceptors (Lipinski definition) is 4. The third-order valence-corrected chi connectivity index (χ3v) is 4.47. The summed E-state index contributed by atoms with van der Waals surface area (Å²) in [6.45, 7) is 6.78. The lowest BCUT2D eigenvalue weighted by atomic mass is 10.1. The number of hydrogen-bond donors (Lipinski definition) is 0. The summed E-state index contributed by atoms with van der Waals surface area (Å²) in [5, 5.41) is 0. The number of esters is 1. The fourth-order valence-corrected chi connectivity index (χ4v) is 3.18. The molecule has 0 heterocycles. The van der Waals surface area contributed by atoms with E-state index >= 15 is 0 Å². The summed E-state index contributed by atoms with van der Waals surface area (Å²) in [5.74, 6) is -0.602. The van der Waals surface area contributed by atoms with Crippen molar-refractivity contribution in [2.24, 2.45) is 0 Å². The molecule has 0 aliphatic rings. The van der Waals surface area contributed by atoms with E-state index in [1.165, 1.54) is 12.1 Å². The SMILES string of the molecule is Cc1c(Br)cc(C(=O)OC(C)(C)C)cc1S(=O)(=O)Cl. The second-order valence-corrected chi connectivity index (χ2v) is 8.41. The molecule has 0 aliphatic carbocycles. The highest BCUT2D eigenvalue weighted by Crippen LogP contribution is 2.28. The zero-order chi connectivity index (χ0) is 15.0. The van der Waals surface area contributed by atoms with Gasteiger partial charge in [0, 0.05) is 15.2 Å². The van der Waals surface area contributed by atoms with E-state index in [-0.39, 0.29) is 10.5 Å². The van der Waals surface area contributed by atoms with Gasteiger partial charge in [-0.15, -0.1) is 0 Å². The van der Waals surface area contributed by atoms with E-state index in [9.17, 15) is 13.2 Å². The molecule has 19 heavy (non-hydrogen) atoms. The average molecular weight is 370 g/mol. The standard InChI is InChI=1S/C12H14BrClO4S/c1-7-9(13)5-8(6-10(7)19(14,16)17)11(15)18-12(2,3)4/h5-6H,1-4H3. The summed E-state index contributed by atoms with van der Waals surface area (Å²) in [5.41, 5.74) is -0.0806. The van der Waals surface area contributed by atoms with Crippen molar-refractivity contribution >= 4 is 41.6 Å².